The van der Waals surface area contributed by atoms with Gasteiger partial charge in [-0.05, 0) is 64.5 Å². The number of nitrogens with zero attached hydrogens (tertiary/aromatic N) is 1. The molecule has 3 rings (SSSR count). The SMILES string of the molecule is Oc1ccc(-c2noc(-c3ccc(O)cc3)c2Br)cc1. The van der Waals surface area contributed by atoms with E-state index in [2.05, 4.69) is 21.1 Å². The molecule has 0 amide bonds. The second-order valence-electron chi connectivity index (χ2n) is 4.27. The van der Waals surface area contributed by atoms with Gasteiger partial charge in [-0.3, -0.25) is 0 Å². The molecule has 20 heavy (non-hydrogen) atoms. The topological polar surface area (TPSA) is 66.5 Å². The second-order valence-corrected chi connectivity index (χ2v) is 5.06. The largest absolute Gasteiger partial charge is 0.508 e. The number of hydrogen-bond acceptors (Lipinski definition) is 4. The first-order valence-electron chi connectivity index (χ1n) is 5.89. The standard InChI is InChI=1S/C15H10BrNO3/c16-13-14(9-1-5-11(18)6-2-9)17-20-15(13)10-3-7-12(19)8-4-10/h1-8,18-19H. The van der Waals surface area contributed by atoms with Crippen molar-refractivity contribution < 1.29 is 14.7 Å². The maximum atomic E-state index is 9.30. The predicted octanol–water partition coefficient (Wildman–Crippen LogP) is 4.18. The molecule has 0 aliphatic carbocycles. The number of phenols is 2. The Labute approximate surface area is 123 Å². The van der Waals surface area contributed by atoms with Crippen LogP contribution in [0.25, 0.3) is 22.6 Å². The van der Waals surface area contributed by atoms with Gasteiger partial charge in [-0.25, -0.2) is 0 Å². The van der Waals surface area contributed by atoms with Crippen LogP contribution in [-0.2, 0) is 0 Å². The molecule has 5 heteroatoms. The highest BCUT2D eigenvalue weighted by Crippen LogP contribution is 2.37. The number of benzene rings is 2. The Morgan fingerprint density at radius 2 is 1.30 bits per heavy atom. The Balaban J connectivity index is 2.04. The molecule has 0 saturated heterocycles. The van der Waals surface area contributed by atoms with Gasteiger partial charge < -0.3 is 14.7 Å². The highest BCUT2D eigenvalue weighted by Gasteiger charge is 2.16. The first kappa shape index (κ1) is 12.7. The van der Waals surface area contributed by atoms with Gasteiger partial charge in [-0.15, -0.1) is 0 Å². The summed E-state index contributed by atoms with van der Waals surface area (Å²) in [5.74, 6) is 0.989. The van der Waals surface area contributed by atoms with Crippen molar-refractivity contribution in [1.29, 1.82) is 0 Å². The summed E-state index contributed by atoms with van der Waals surface area (Å²) in [6, 6.07) is 13.4. The van der Waals surface area contributed by atoms with Gasteiger partial charge in [0.2, 0.25) is 0 Å². The fourth-order valence-corrected chi connectivity index (χ4v) is 2.47. The van der Waals surface area contributed by atoms with Crippen LogP contribution in [0, 0.1) is 0 Å². The van der Waals surface area contributed by atoms with Crippen molar-refractivity contribution >= 4 is 15.9 Å². The number of halogens is 1. The van der Waals surface area contributed by atoms with Crippen molar-refractivity contribution in [1.82, 2.24) is 5.16 Å². The molecule has 0 bridgehead atoms. The maximum Gasteiger partial charge on any atom is 0.181 e. The normalized spacial score (nSPS) is 10.7. The zero-order valence-electron chi connectivity index (χ0n) is 10.2. The molecule has 2 N–H and O–H groups in total. The Bertz CT molecular complexity index is 670. The van der Waals surface area contributed by atoms with Gasteiger partial charge in [0.25, 0.3) is 0 Å². The molecule has 3 aromatic rings. The zero-order valence-corrected chi connectivity index (χ0v) is 11.8. The molecule has 4 nitrogen and oxygen atoms in total. The minimum atomic E-state index is 0.197. The van der Waals surface area contributed by atoms with Gasteiger partial charge in [0.15, 0.2) is 5.76 Å². The van der Waals surface area contributed by atoms with Crippen LogP contribution in [0.4, 0.5) is 0 Å². The lowest BCUT2D eigenvalue weighted by Gasteiger charge is -1.99. The molecule has 0 aliphatic rings. The summed E-state index contributed by atoms with van der Waals surface area (Å²) >= 11 is 3.48. The first-order chi connectivity index (χ1) is 9.65. The average molecular weight is 332 g/mol. The Kier molecular flexibility index (Phi) is 3.20. The smallest absolute Gasteiger partial charge is 0.181 e. The van der Waals surface area contributed by atoms with E-state index in [1.165, 1.54) is 0 Å². The van der Waals surface area contributed by atoms with E-state index in [1.807, 2.05) is 0 Å². The summed E-state index contributed by atoms with van der Waals surface area (Å²) in [6.07, 6.45) is 0. The number of aromatic hydroxyl groups is 2. The van der Waals surface area contributed by atoms with Crippen molar-refractivity contribution in [3.05, 3.63) is 53.0 Å². The van der Waals surface area contributed by atoms with E-state index in [0.717, 1.165) is 15.6 Å². The third-order valence-electron chi connectivity index (χ3n) is 2.91. The summed E-state index contributed by atoms with van der Waals surface area (Å²) < 4.78 is 6.10. The van der Waals surface area contributed by atoms with Crippen molar-refractivity contribution in [3.63, 3.8) is 0 Å². The number of phenolic OH excluding ortho intramolecular Hbond substituents is 2. The van der Waals surface area contributed by atoms with Crippen molar-refractivity contribution in [3.8, 4) is 34.1 Å². The quantitative estimate of drug-likeness (QED) is 0.739. The molecule has 100 valence electrons. The Hall–Kier alpha value is -2.27. The molecule has 0 radical (unpaired) electrons. The number of rotatable bonds is 2. The van der Waals surface area contributed by atoms with E-state index in [9.17, 15) is 10.2 Å². The third kappa shape index (κ3) is 2.28. The fraction of sp³-hybridized carbons (Fsp3) is 0. The average Bonchev–Trinajstić information content (AvgIpc) is 2.83. The maximum absolute atomic E-state index is 9.30. The summed E-state index contributed by atoms with van der Waals surface area (Å²) in [6.45, 7) is 0. The van der Waals surface area contributed by atoms with Crippen LogP contribution in [0.5, 0.6) is 11.5 Å². The van der Waals surface area contributed by atoms with Crippen LogP contribution in [0.1, 0.15) is 0 Å². The van der Waals surface area contributed by atoms with Gasteiger partial charge in [-0.2, -0.15) is 0 Å². The highest BCUT2D eigenvalue weighted by molar-refractivity contribution is 9.10. The van der Waals surface area contributed by atoms with Gasteiger partial charge in [-0.1, -0.05) is 5.16 Å². The molecule has 0 unspecified atom stereocenters. The highest BCUT2D eigenvalue weighted by atomic mass is 79.9. The predicted molar refractivity (Wildman–Crippen MR) is 78.4 cm³/mol. The summed E-state index contributed by atoms with van der Waals surface area (Å²) in [5.41, 5.74) is 2.31. The molecule has 0 saturated carbocycles. The lowest BCUT2D eigenvalue weighted by molar-refractivity contribution is 0.434. The van der Waals surface area contributed by atoms with Gasteiger partial charge >= 0.3 is 0 Å². The Morgan fingerprint density at radius 3 is 1.85 bits per heavy atom. The van der Waals surface area contributed by atoms with E-state index in [-0.39, 0.29) is 11.5 Å². The lowest BCUT2D eigenvalue weighted by atomic mass is 10.1. The minimum Gasteiger partial charge on any atom is -0.508 e. The molecule has 1 heterocycles. The molecule has 0 spiro atoms. The summed E-state index contributed by atoms with van der Waals surface area (Å²) in [5, 5.41) is 22.7. The fourth-order valence-electron chi connectivity index (χ4n) is 1.87. The number of hydrogen-bond donors (Lipinski definition) is 2. The summed E-state index contributed by atoms with van der Waals surface area (Å²) in [4.78, 5) is 0. The van der Waals surface area contributed by atoms with Crippen molar-refractivity contribution in [2.24, 2.45) is 0 Å². The van der Waals surface area contributed by atoms with E-state index >= 15 is 0 Å². The van der Waals surface area contributed by atoms with Gasteiger partial charge in [0, 0.05) is 11.1 Å². The van der Waals surface area contributed by atoms with Gasteiger partial charge in [0.1, 0.15) is 17.2 Å². The van der Waals surface area contributed by atoms with Crippen LogP contribution in [-0.4, -0.2) is 15.4 Å². The monoisotopic (exact) mass is 331 g/mol. The van der Waals surface area contributed by atoms with E-state index in [0.29, 0.717) is 11.5 Å². The molecular formula is C15H10BrNO3. The van der Waals surface area contributed by atoms with E-state index in [4.69, 9.17) is 4.52 Å². The summed E-state index contributed by atoms with van der Waals surface area (Å²) in [7, 11) is 0. The molecular weight excluding hydrogens is 322 g/mol. The molecule has 0 aliphatic heterocycles. The third-order valence-corrected chi connectivity index (χ3v) is 3.64. The first-order valence-corrected chi connectivity index (χ1v) is 6.68. The lowest BCUT2D eigenvalue weighted by Crippen LogP contribution is -1.78. The molecule has 2 aromatic carbocycles. The molecule has 0 atom stereocenters. The van der Waals surface area contributed by atoms with E-state index in [1.54, 1.807) is 48.5 Å². The zero-order chi connectivity index (χ0) is 14.1. The minimum absolute atomic E-state index is 0.197. The number of aromatic nitrogens is 1. The van der Waals surface area contributed by atoms with E-state index < -0.39 is 0 Å². The Morgan fingerprint density at radius 1 is 0.800 bits per heavy atom. The van der Waals surface area contributed by atoms with Crippen LogP contribution in [0.3, 0.4) is 0 Å². The van der Waals surface area contributed by atoms with Crippen molar-refractivity contribution in [2.75, 3.05) is 0 Å². The van der Waals surface area contributed by atoms with Crippen LogP contribution >= 0.6 is 15.9 Å². The van der Waals surface area contributed by atoms with Crippen LogP contribution in [0.2, 0.25) is 0 Å². The van der Waals surface area contributed by atoms with Gasteiger partial charge in [0.05, 0.1) is 4.47 Å². The van der Waals surface area contributed by atoms with Crippen molar-refractivity contribution in [2.45, 2.75) is 0 Å². The second kappa shape index (κ2) is 5.02. The van der Waals surface area contributed by atoms with Crippen LogP contribution in [0.15, 0.2) is 57.5 Å². The molecule has 1 aromatic heterocycles. The van der Waals surface area contributed by atoms with Crippen LogP contribution < -0.4 is 0 Å². The molecule has 0 fully saturated rings.